The minimum atomic E-state index is -0.203. The van der Waals surface area contributed by atoms with E-state index in [9.17, 15) is 4.39 Å². The van der Waals surface area contributed by atoms with Crippen molar-refractivity contribution in [1.29, 1.82) is 0 Å². The van der Waals surface area contributed by atoms with Crippen LogP contribution >= 0.6 is 11.6 Å². The van der Waals surface area contributed by atoms with E-state index in [0.717, 1.165) is 38.3 Å². The molecule has 0 radical (unpaired) electrons. The van der Waals surface area contributed by atoms with Crippen LogP contribution in [0.1, 0.15) is 18.4 Å². The van der Waals surface area contributed by atoms with Crippen molar-refractivity contribution in [3.8, 4) is 0 Å². The fraction of sp³-hybridized carbons (Fsp3) is 0.571. The van der Waals surface area contributed by atoms with Gasteiger partial charge in [0.2, 0.25) is 0 Å². The van der Waals surface area contributed by atoms with Crippen LogP contribution in [0.5, 0.6) is 0 Å². The lowest BCUT2D eigenvalue weighted by Crippen LogP contribution is -2.27. The average Bonchev–Trinajstić information content (AvgIpc) is 2.94. The number of rotatable bonds is 2. The number of ether oxygens (including phenoxy) is 1. The number of nitrogens with zero attached hydrogens (tertiary/aromatic N) is 1. The molecule has 2 aliphatic heterocycles. The molecule has 1 aromatic rings. The summed E-state index contributed by atoms with van der Waals surface area (Å²) in [7, 11) is 0. The number of benzene rings is 1. The normalized spacial score (nSPS) is 28.3. The van der Waals surface area contributed by atoms with Gasteiger partial charge in [-0.25, -0.2) is 4.39 Å². The average molecular weight is 270 g/mol. The van der Waals surface area contributed by atoms with E-state index in [0.29, 0.717) is 17.0 Å². The molecule has 3 rings (SSSR count). The summed E-state index contributed by atoms with van der Waals surface area (Å²) < 4.78 is 19.2. The van der Waals surface area contributed by atoms with Gasteiger partial charge in [-0.1, -0.05) is 17.7 Å². The number of hydrogen-bond donors (Lipinski definition) is 0. The van der Waals surface area contributed by atoms with Crippen LogP contribution in [-0.2, 0) is 11.3 Å². The molecule has 0 saturated carbocycles. The van der Waals surface area contributed by atoms with Crippen LogP contribution < -0.4 is 0 Å². The third-order valence-electron chi connectivity index (χ3n) is 4.11. The maximum atomic E-state index is 13.7. The molecule has 0 N–H and O–H groups in total. The monoisotopic (exact) mass is 269 g/mol. The lowest BCUT2D eigenvalue weighted by Gasteiger charge is -2.22. The van der Waals surface area contributed by atoms with Crippen molar-refractivity contribution < 1.29 is 9.13 Å². The Morgan fingerprint density at radius 3 is 3.00 bits per heavy atom. The van der Waals surface area contributed by atoms with Gasteiger partial charge in [0.05, 0.1) is 6.61 Å². The van der Waals surface area contributed by atoms with Crippen molar-refractivity contribution in [3.05, 3.63) is 34.6 Å². The first-order valence-electron chi connectivity index (χ1n) is 6.41. The van der Waals surface area contributed by atoms with E-state index in [1.54, 1.807) is 12.1 Å². The van der Waals surface area contributed by atoms with E-state index in [-0.39, 0.29) is 5.82 Å². The zero-order valence-corrected chi connectivity index (χ0v) is 11.0. The summed E-state index contributed by atoms with van der Waals surface area (Å²) >= 11 is 5.76. The molecule has 0 bridgehead atoms. The fourth-order valence-electron chi connectivity index (χ4n) is 3.02. The molecule has 0 aromatic heterocycles. The van der Waals surface area contributed by atoms with Gasteiger partial charge in [-0.15, -0.1) is 0 Å². The molecule has 1 aromatic carbocycles. The van der Waals surface area contributed by atoms with Crippen LogP contribution in [0, 0.1) is 11.2 Å². The molecule has 1 spiro atoms. The van der Waals surface area contributed by atoms with Crippen molar-refractivity contribution in [2.24, 2.45) is 5.41 Å². The maximum absolute atomic E-state index is 13.7. The van der Waals surface area contributed by atoms with Crippen LogP contribution in [0.15, 0.2) is 18.2 Å². The first-order valence-corrected chi connectivity index (χ1v) is 6.79. The van der Waals surface area contributed by atoms with Crippen molar-refractivity contribution in [3.63, 3.8) is 0 Å². The van der Waals surface area contributed by atoms with Crippen LogP contribution in [0.2, 0.25) is 5.02 Å². The number of halogens is 2. The van der Waals surface area contributed by atoms with Gasteiger partial charge >= 0.3 is 0 Å². The van der Waals surface area contributed by atoms with Gasteiger partial charge in [0.1, 0.15) is 5.82 Å². The second-order valence-electron chi connectivity index (χ2n) is 5.50. The molecule has 4 heteroatoms. The fourth-order valence-corrected chi connectivity index (χ4v) is 3.18. The van der Waals surface area contributed by atoms with Gasteiger partial charge in [0.15, 0.2) is 0 Å². The van der Waals surface area contributed by atoms with Gasteiger partial charge in [0.25, 0.3) is 0 Å². The smallest absolute Gasteiger partial charge is 0.129 e. The highest BCUT2D eigenvalue weighted by Crippen LogP contribution is 2.38. The Bertz CT molecular complexity index is 445. The minimum absolute atomic E-state index is 0.203. The summed E-state index contributed by atoms with van der Waals surface area (Å²) in [5, 5.41) is 0.457. The lowest BCUT2D eigenvalue weighted by atomic mass is 9.87. The van der Waals surface area contributed by atoms with Crippen LogP contribution in [-0.4, -0.2) is 31.2 Å². The maximum Gasteiger partial charge on any atom is 0.129 e. The highest BCUT2D eigenvalue weighted by atomic mass is 35.5. The highest BCUT2D eigenvalue weighted by Gasteiger charge is 2.41. The third kappa shape index (κ3) is 2.40. The summed E-state index contributed by atoms with van der Waals surface area (Å²) in [4.78, 5) is 2.32. The quantitative estimate of drug-likeness (QED) is 0.818. The van der Waals surface area contributed by atoms with Gasteiger partial charge in [-0.3, -0.25) is 4.90 Å². The van der Waals surface area contributed by atoms with Crippen LogP contribution in [0.4, 0.5) is 4.39 Å². The second kappa shape index (κ2) is 4.80. The largest absolute Gasteiger partial charge is 0.381 e. The predicted molar refractivity (Wildman–Crippen MR) is 69.2 cm³/mol. The number of likely N-dealkylation sites (tertiary alicyclic amines) is 1. The van der Waals surface area contributed by atoms with Crippen molar-refractivity contribution in [1.82, 2.24) is 4.90 Å². The van der Waals surface area contributed by atoms with Crippen LogP contribution in [0.25, 0.3) is 0 Å². The molecule has 2 saturated heterocycles. The van der Waals surface area contributed by atoms with Crippen molar-refractivity contribution in [2.75, 3.05) is 26.3 Å². The lowest BCUT2D eigenvalue weighted by molar-refractivity contribution is 0.151. The van der Waals surface area contributed by atoms with E-state index in [4.69, 9.17) is 16.3 Å². The van der Waals surface area contributed by atoms with E-state index in [1.165, 1.54) is 12.5 Å². The summed E-state index contributed by atoms with van der Waals surface area (Å²) in [6, 6.07) is 4.93. The Morgan fingerprint density at radius 1 is 1.39 bits per heavy atom. The first-order chi connectivity index (χ1) is 8.67. The molecule has 2 fully saturated rings. The third-order valence-corrected chi connectivity index (χ3v) is 4.35. The first kappa shape index (κ1) is 12.4. The molecular weight excluding hydrogens is 253 g/mol. The molecule has 0 unspecified atom stereocenters. The summed E-state index contributed by atoms with van der Waals surface area (Å²) in [5.74, 6) is -0.203. The second-order valence-corrected chi connectivity index (χ2v) is 5.94. The minimum Gasteiger partial charge on any atom is -0.381 e. The van der Waals surface area contributed by atoms with Gasteiger partial charge in [0, 0.05) is 35.7 Å². The Morgan fingerprint density at radius 2 is 2.28 bits per heavy atom. The zero-order chi connectivity index (χ0) is 12.6. The van der Waals surface area contributed by atoms with Gasteiger partial charge < -0.3 is 4.74 Å². The molecule has 2 nitrogen and oxygen atoms in total. The Hall–Kier alpha value is -0.640. The number of hydrogen-bond acceptors (Lipinski definition) is 2. The van der Waals surface area contributed by atoms with Gasteiger partial charge in [-0.2, -0.15) is 0 Å². The standard InChI is InChI=1S/C14H17ClFNO/c15-12-2-1-11(13(16)7-12)8-17-5-3-14(9-17)4-6-18-10-14/h1-2,7H,3-6,8-10H2/t14-/m0/s1. The molecule has 2 aliphatic rings. The highest BCUT2D eigenvalue weighted by molar-refractivity contribution is 6.30. The van der Waals surface area contributed by atoms with E-state index in [1.807, 2.05) is 0 Å². The summed E-state index contributed by atoms with van der Waals surface area (Å²) in [6.07, 6.45) is 2.31. The van der Waals surface area contributed by atoms with Crippen LogP contribution in [0.3, 0.4) is 0 Å². The Balaban J connectivity index is 1.67. The van der Waals surface area contributed by atoms with E-state index < -0.39 is 0 Å². The molecule has 0 amide bonds. The predicted octanol–water partition coefficient (Wildman–Crippen LogP) is 3.09. The molecule has 1 atom stereocenters. The topological polar surface area (TPSA) is 12.5 Å². The van der Waals surface area contributed by atoms with Crippen molar-refractivity contribution in [2.45, 2.75) is 19.4 Å². The Labute approximate surface area is 112 Å². The molecule has 98 valence electrons. The van der Waals surface area contributed by atoms with E-state index in [2.05, 4.69) is 4.90 Å². The summed E-state index contributed by atoms with van der Waals surface area (Å²) in [5.41, 5.74) is 1.07. The molecule has 2 heterocycles. The molecular formula is C14H17ClFNO. The molecule has 18 heavy (non-hydrogen) atoms. The van der Waals surface area contributed by atoms with Crippen molar-refractivity contribution >= 4 is 11.6 Å². The molecule has 0 aliphatic carbocycles. The Kier molecular flexibility index (Phi) is 3.31. The zero-order valence-electron chi connectivity index (χ0n) is 10.3. The van der Waals surface area contributed by atoms with E-state index >= 15 is 0 Å². The summed E-state index contributed by atoms with van der Waals surface area (Å²) in [6.45, 7) is 4.47. The van der Waals surface area contributed by atoms with Gasteiger partial charge in [-0.05, 0) is 31.5 Å². The SMILES string of the molecule is Fc1cc(Cl)ccc1CN1CC[C@]2(CCOC2)C1.